The number of carboxylic acid groups (broad SMARTS) is 1. The van der Waals surface area contributed by atoms with Gasteiger partial charge < -0.3 is 15.7 Å². The summed E-state index contributed by atoms with van der Waals surface area (Å²) in [5.41, 5.74) is 0.435. The fraction of sp³-hybridized carbons (Fsp3) is 0.967. The molecule has 220 valence electrons. The summed E-state index contributed by atoms with van der Waals surface area (Å²) in [6.07, 6.45) is 11.5. The van der Waals surface area contributed by atoms with E-state index < -0.39 is 16.0 Å². The zero-order valence-corrected chi connectivity index (χ0v) is 25.6. The molecule has 8 heteroatoms. The Kier molecular flexibility index (Phi) is 9.28. The molecule has 0 radical (unpaired) electrons. The van der Waals surface area contributed by atoms with Crippen molar-refractivity contribution in [1.29, 1.82) is 0 Å². The van der Waals surface area contributed by atoms with Gasteiger partial charge in [0.1, 0.15) is 0 Å². The Bertz CT molecular complexity index is 942. The largest absolute Gasteiger partial charge is 0.481 e. The van der Waals surface area contributed by atoms with E-state index in [0.29, 0.717) is 47.6 Å². The van der Waals surface area contributed by atoms with Crippen molar-refractivity contribution in [2.24, 2.45) is 46.3 Å². The SMILES string of the molecule is CC(C)NCCNC1CC[C@]2(C)C3CC[C@@]4(C)C(CC[C@@H]4[C@H](C)CCC(=O)O)C3[C@@H](NS(C)(=O)=O)C[C@H]2C1. The predicted octanol–water partition coefficient (Wildman–Crippen LogP) is 4.63. The summed E-state index contributed by atoms with van der Waals surface area (Å²) in [7, 11) is -3.31. The molecule has 4 N–H and O–H groups in total. The Balaban J connectivity index is 1.53. The van der Waals surface area contributed by atoms with Crippen molar-refractivity contribution < 1.29 is 18.3 Å². The second kappa shape index (κ2) is 11.7. The molecule has 0 bridgehead atoms. The van der Waals surface area contributed by atoms with Crippen LogP contribution in [0.3, 0.4) is 0 Å². The number of carbonyl (C=O) groups is 1. The Morgan fingerprint density at radius 3 is 2.32 bits per heavy atom. The Labute approximate surface area is 232 Å². The van der Waals surface area contributed by atoms with Crippen LogP contribution in [0.5, 0.6) is 0 Å². The third-order valence-electron chi connectivity index (χ3n) is 11.8. The minimum atomic E-state index is -3.31. The normalized spacial score (nSPS) is 41.8. The molecule has 4 rings (SSSR count). The Morgan fingerprint density at radius 2 is 1.66 bits per heavy atom. The lowest BCUT2D eigenvalue weighted by molar-refractivity contribution is -0.138. The van der Waals surface area contributed by atoms with Gasteiger partial charge in [-0.3, -0.25) is 4.79 Å². The first-order valence-corrected chi connectivity index (χ1v) is 17.3. The van der Waals surface area contributed by atoms with Gasteiger partial charge in [-0.05, 0) is 104 Å². The quantitative estimate of drug-likeness (QED) is 0.278. The molecule has 0 aromatic rings. The second-order valence-electron chi connectivity index (χ2n) is 14.4. The van der Waals surface area contributed by atoms with Crippen molar-refractivity contribution in [2.75, 3.05) is 19.3 Å². The summed E-state index contributed by atoms with van der Waals surface area (Å²) < 4.78 is 28.4. The van der Waals surface area contributed by atoms with Crippen LogP contribution in [-0.2, 0) is 14.8 Å². The topological polar surface area (TPSA) is 108 Å². The first-order chi connectivity index (χ1) is 17.7. The first kappa shape index (κ1) is 30.3. The third-order valence-corrected chi connectivity index (χ3v) is 12.5. The van der Waals surface area contributed by atoms with Gasteiger partial charge in [-0.25, -0.2) is 13.1 Å². The summed E-state index contributed by atoms with van der Waals surface area (Å²) in [5, 5.41) is 16.6. The summed E-state index contributed by atoms with van der Waals surface area (Å²) in [6, 6.07) is 1.02. The number of rotatable bonds is 11. The Hall–Kier alpha value is -0.700. The molecule has 10 atom stereocenters. The number of carboxylic acids is 1. The fourth-order valence-corrected chi connectivity index (χ4v) is 10.8. The number of hydrogen-bond donors (Lipinski definition) is 4. The van der Waals surface area contributed by atoms with Crippen molar-refractivity contribution in [3.8, 4) is 0 Å². The Morgan fingerprint density at radius 1 is 0.974 bits per heavy atom. The molecule has 0 heterocycles. The molecule has 4 saturated carbocycles. The molecule has 4 unspecified atom stereocenters. The van der Waals surface area contributed by atoms with Crippen LogP contribution in [0.1, 0.15) is 98.8 Å². The van der Waals surface area contributed by atoms with Gasteiger partial charge in [0.05, 0.1) is 6.26 Å². The third kappa shape index (κ3) is 6.28. The van der Waals surface area contributed by atoms with E-state index in [1.54, 1.807) is 0 Å². The van der Waals surface area contributed by atoms with Gasteiger partial charge in [0.15, 0.2) is 0 Å². The van der Waals surface area contributed by atoms with Crippen LogP contribution in [0.2, 0.25) is 0 Å². The zero-order valence-electron chi connectivity index (χ0n) is 24.8. The molecule has 0 spiro atoms. The molecule has 4 aliphatic rings. The van der Waals surface area contributed by atoms with Crippen LogP contribution in [0.15, 0.2) is 0 Å². The highest BCUT2D eigenvalue weighted by Crippen LogP contribution is 2.68. The second-order valence-corrected chi connectivity index (χ2v) is 16.2. The van der Waals surface area contributed by atoms with Crippen molar-refractivity contribution in [1.82, 2.24) is 15.4 Å². The van der Waals surface area contributed by atoms with E-state index in [1.807, 2.05) is 0 Å². The van der Waals surface area contributed by atoms with E-state index in [0.717, 1.165) is 45.2 Å². The lowest BCUT2D eigenvalue weighted by Gasteiger charge is -2.63. The number of aliphatic carboxylic acids is 1. The summed E-state index contributed by atoms with van der Waals surface area (Å²) in [5.74, 6) is 2.17. The minimum absolute atomic E-state index is 0.00660. The minimum Gasteiger partial charge on any atom is -0.481 e. The van der Waals surface area contributed by atoms with Crippen molar-refractivity contribution in [2.45, 2.75) is 117 Å². The molecule has 38 heavy (non-hydrogen) atoms. The van der Waals surface area contributed by atoms with E-state index in [-0.39, 0.29) is 23.3 Å². The van der Waals surface area contributed by atoms with Crippen molar-refractivity contribution >= 4 is 16.0 Å². The lowest BCUT2D eigenvalue weighted by atomic mass is 9.43. The van der Waals surface area contributed by atoms with Gasteiger partial charge in [-0.15, -0.1) is 0 Å². The van der Waals surface area contributed by atoms with E-state index >= 15 is 0 Å². The predicted molar refractivity (Wildman–Crippen MR) is 153 cm³/mol. The highest BCUT2D eigenvalue weighted by Gasteiger charge is 2.63. The standard InChI is InChI=1S/C30H55N3O4S/c1-19(2)31-15-16-32-22-11-13-29(4)21(17-22)18-26(33-38(6,36)37)28-24-9-8-23(20(3)7-10-27(34)35)30(24,5)14-12-25(28)29/h19-26,28,31-33H,7-18H2,1-6H3,(H,34,35)/t20-,21-,22?,23-,24?,25?,26+,28?,29+,30-/m1/s1. The maximum atomic E-state index is 12.6. The summed E-state index contributed by atoms with van der Waals surface area (Å²) in [4.78, 5) is 11.3. The van der Waals surface area contributed by atoms with Crippen molar-refractivity contribution in [3.63, 3.8) is 0 Å². The van der Waals surface area contributed by atoms with Gasteiger partial charge in [0.2, 0.25) is 10.0 Å². The van der Waals surface area contributed by atoms with Gasteiger partial charge in [-0.1, -0.05) is 34.6 Å². The van der Waals surface area contributed by atoms with Gasteiger partial charge in [0, 0.05) is 37.6 Å². The average molecular weight is 554 g/mol. The number of sulfonamides is 1. The molecule has 7 nitrogen and oxygen atoms in total. The number of nitrogens with one attached hydrogen (secondary N) is 3. The van der Waals surface area contributed by atoms with Gasteiger partial charge in [-0.2, -0.15) is 0 Å². The van der Waals surface area contributed by atoms with E-state index in [9.17, 15) is 18.3 Å². The van der Waals surface area contributed by atoms with Crippen LogP contribution in [-0.4, -0.2) is 57.0 Å². The maximum Gasteiger partial charge on any atom is 0.303 e. The first-order valence-electron chi connectivity index (χ1n) is 15.4. The molecule has 0 aromatic heterocycles. The highest BCUT2D eigenvalue weighted by atomic mass is 32.2. The molecule has 4 aliphatic carbocycles. The molecule has 0 aliphatic heterocycles. The summed E-state index contributed by atoms with van der Waals surface area (Å²) >= 11 is 0. The number of fused-ring (bicyclic) bond motifs is 5. The van der Waals surface area contributed by atoms with Crippen LogP contribution >= 0.6 is 0 Å². The molecule has 0 saturated heterocycles. The lowest BCUT2D eigenvalue weighted by Crippen LogP contribution is -2.62. The smallest absolute Gasteiger partial charge is 0.303 e. The van der Waals surface area contributed by atoms with Crippen LogP contribution in [0, 0.1) is 46.3 Å². The van der Waals surface area contributed by atoms with Crippen LogP contribution in [0.25, 0.3) is 0 Å². The molecular formula is C30H55N3O4S. The van der Waals surface area contributed by atoms with E-state index in [4.69, 9.17) is 0 Å². The zero-order chi connectivity index (χ0) is 27.9. The van der Waals surface area contributed by atoms with E-state index in [1.165, 1.54) is 31.9 Å². The van der Waals surface area contributed by atoms with Gasteiger partial charge in [0.25, 0.3) is 0 Å². The van der Waals surface area contributed by atoms with E-state index in [2.05, 4.69) is 50.0 Å². The highest BCUT2D eigenvalue weighted by molar-refractivity contribution is 7.88. The monoisotopic (exact) mass is 553 g/mol. The number of hydrogen-bond acceptors (Lipinski definition) is 5. The molecule has 0 aromatic carbocycles. The maximum absolute atomic E-state index is 12.6. The molecule has 0 amide bonds. The van der Waals surface area contributed by atoms with Crippen molar-refractivity contribution in [3.05, 3.63) is 0 Å². The molecule has 4 fully saturated rings. The average Bonchev–Trinajstić information content (AvgIpc) is 3.17. The molecular weight excluding hydrogens is 498 g/mol. The van der Waals surface area contributed by atoms with Crippen LogP contribution in [0.4, 0.5) is 0 Å². The van der Waals surface area contributed by atoms with Crippen LogP contribution < -0.4 is 15.4 Å². The summed E-state index contributed by atoms with van der Waals surface area (Å²) in [6.45, 7) is 13.6. The van der Waals surface area contributed by atoms with Gasteiger partial charge >= 0.3 is 5.97 Å². The fourth-order valence-electron chi connectivity index (χ4n) is 10.0.